The van der Waals surface area contributed by atoms with Crippen LogP contribution in [-0.2, 0) is 6.54 Å². The molecule has 1 N–H and O–H groups in total. The fourth-order valence-corrected chi connectivity index (χ4v) is 3.70. The van der Waals surface area contributed by atoms with Crippen molar-refractivity contribution in [2.24, 2.45) is 0 Å². The Morgan fingerprint density at radius 2 is 1.96 bits per heavy atom. The van der Waals surface area contributed by atoms with Gasteiger partial charge in [-0.05, 0) is 49.1 Å². The normalized spacial score (nSPS) is 11.0. The Hall–Kier alpha value is -3.00. The molecule has 0 radical (unpaired) electrons. The molecule has 3 heterocycles. The molecule has 8 heteroatoms. The van der Waals surface area contributed by atoms with Crippen LogP contribution in [0.3, 0.4) is 0 Å². The molecule has 7 nitrogen and oxygen atoms in total. The molecule has 4 aromatic rings. The van der Waals surface area contributed by atoms with E-state index in [9.17, 15) is 0 Å². The van der Waals surface area contributed by atoms with Gasteiger partial charge in [-0.3, -0.25) is 0 Å². The topological polar surface area (TPSA) is 77.8 Å². The summed E-state index contributed by atoms with van der Waals surface area (Å²) in [4.78, 5) is 10.0. The predicted molar refractivity (Wildman–Crippen MR) is 102 cm³/mol. The SMILES string of the molecule is COc1ccc(-n2cc(CNc3nc(C)nc4scc(C)c34)nn2)cc1. The number of aryl methyl sites for hydroxylation is 2. The lowest BCUT2D eigenvalue weighted by molar-refractivity contribution is 0.414. The highest BCUT2D eigenvalue weighted by Crippen LogP contribution is 2.29. The van der Waals surface area contributed by atoms with Crippen molar-refractivity contribution in [3.63, 3.8) is 0 Å². The minimum Gasteiger partial charge on any atom is -0.497 e. The Labute approximate surface area is 154 Å². The molecule has 0 aliphatic rings. The van der Waals surface area contributed by atoms with E-state index in [1.807, 2.05) is 37.4 Å². The average Bonchev–Trinajstić information content (AvgIpc) is 3.27. The summed E-state index contributed by atoms with van der Waals surface area (Å²) in [6.45, 7) is 4.51. The quantitative estimate of drug-likeness (QED) is 0.582. The van der Waals surface area contributed by atoms with E-state index in [1.165, 1.54) is 5.56 Å². The van der Waals surface area contributed by atoms with E-state index < -0.39 is 0 Å². The third-order valence-corrected chi connectivity index (χ3v) is 5.03. The Morgan fingerprint density at radius 1 is 1.15 bits per heavy atom. The second-order valence-corrected chi connectivity index (χ2v) is 6.78. The average molecular weight is 366 g/mol. The molecule has 0 aliphatic heterocycles. The number of rotatable bonds is 5. The number of nitrogens with zero attached hydrogens (tertiary/aromatic N) is 5. The summed E-state index contributed by atoms with van der Waals surface area (Å²) in [6.07, 6.45) is 1.90. The van der Waals surface area contributed by atoms with Gasteiger partial charge in [-0.1, -0.05) is 5.21 Å². The summed E-state index contributed by atoms with van der Waals surface area (Å²) in [5, 5.41) is 15.0. The van der Waals surface area contributed by atoms with Crippen LogP contribution in [0.4, 0.5) is 5.82 Å². The molecule has 0 atom stereocenters. The van der Waals surface area contributed by atoms with Crippen molar-refractivity contribution in [3.05, 3.63) is 52.9 Å². The number of hydrogen-bond acceptors (Lipinski definition) is 7. The lowest BCUT2D eigenvalue weighted by Crippen LogP contribution is -2.04. The second kappa shape index (κ2) is 6.72. The van der Waals surface area contributed by atoms with Crippen LogP contribution in [0.1, 0.15) is 17.1 Å². The molecule has 0 aliphatic carbocycles. The molecule has 0 saturated heterocycles. The lowest BCUT2D eigenvalue weighted by atomic mass is 10.2. The molecule has 0 amide bonds. The van der Waals surface area contributed by atoms with Gasteiger partial charge in [0, 0.05) is 0 Å². The van der Waals surface area contributed by atoms with Crippen LogP contribution >= 0.6 is 11.3 Å². The minimum absolute atomic E-state index is 0.539. The maximum Gasteiger partial charge on any atom is 0.139 e. The molecule has 4 rings (SSSR count). The molecule has 1 aromatic carbocycles. The van der Waals surface area contributed by atoms with Gasteiger partial charge in [-0.2, -0.15) is 0 Å². The maximum absolute atomic E-state index is 5.18. The molecule has 0 saturated carbocycles. The Bertz CT molecular complexity index is 1050. The molecule has 132 valence electrons. The smallest absolute Gasteiger partial charge is 0.139 e. The summed E-state index contributed by atoms with van der Waals surface area (Å²) in [6, 6.07) is 7.68. The van der Waals surface area contributed by atoms with E-state index in [2.05, 4.69) is 37.9 Å². The van der Waals surface area contributed by atoms with Crippen LogP contribution in [-0.4, -0.2) is 32.1 Å². The highest BCUT2D eigenvalue weighted by atomic mass is 32.1. The summed E-state index contributed by atoms with van der Waals surface area (Å²) in [5.74, 6) is 2.40. The standard InChI is InChI=1S/C18H18N6OS/c1-11-10-26-18-16(11)17(20-12(2)21-18)19-8-13-9-24(23-22-13)14-4-6-15(25-3)7-5-14/h4-7,9-10H,8H2,1-3H3,(H,19,20,21). The molecule has 0 bridgehead atoms. The lowest BCUT2D eigenvalue weighted by Gasteiger charge is -2.06. The van der Waals surface area contributed by atoms with Gasteiger partial charge < -0.3 is 10.1 Å². The zero-order valence-electron chi connectivity index (χ0n) is 14.7. The molecule has 0 fully saturated rings. The number of anilines is 1. The molecular weight excluding hydrogens is 348 g/mol. The Morgan fingerprint density at radius 3 is 2.73 bits per heavy atom. The van der Waals surface area contributed by atoms with E-state index in [1.54, 1.807) is 23.1 Å². The summed E-state index contributed by atoms with van der Waals surface area (Å²) in [5.41, 5.74) is 2.94. The van der Waals surface area contributed by atoms with E-state index in [0.717, 1.165) is 39.0 Å². The molecule has 26 heavy (non-hydrogen) atoms. The van der Waals surface area contributed by atoms with Crippen molar-refractivity contribution in [2.45, 2.75) is 20.4 Å². The second-order valence-electron chi connectivity index (χ2n) is 5.92. The summed E-state index contributed by atoms with van der Waals surface area (Å²) < 4.78 is 6.92. The summed E-state index contributed by atoms with van der Waals surface area (Å²) in [7, 11) is 1.65. The zero-order valence-corrected chi connectivity index (χ0v) is 15.5. The third-order valence-electron chi connectivity index (χ3n) is 4.04. The van der Waals surface area contributed by atoms with Crippen molar-refractivity contribution >= 4 is 27.4 Å². The molecule has 0 spiro atoms. The van der Waals surface area contributed by atoms with Gasteiger partial charge in [0.1, 0.15) is 27.9 Å². The largest absolute Gasteiger partial charge is 0.497 e. The van der Waals surface area contributed by atoms with Gasteiger partial charge in [0.15, 0.2) is 0 Å². The molecule has 3 aromatic heterocycles. The van der Waals surface area contributed by atoms with Crippen LogP contribution in [0.2, 0.25) is 0 Å². The number of methoxy groups -OCH3 is 1. The van der Waals surface area contributed by atoms with E-state index in [4.69, 9.17) is 4.74 Å². The van der Waals surface area contributed by atoms with Gasteiger partial charge in [0.05, 0.1) is 30.9 Å². The van der Waals surface area contributed by atoms with Crippen molar-refractivity contribution in [1.82, 2.24) is 25.0 Å². The van der Waals surface area contributed by atoms with Crippen LogP contribution in [0.15, 0.2) is 35.8 Å². The summed E-state index contributed by atoms with van der Waals surface area (Å²) >= 11 is 1.63. The van der Waals surface area contributed by atoms with Gasteiger partial charge in [0.25, 0.3) is 0 Å². The first-order valence-corrected chi connectivity index (χ1v) is 9.04. The number of fused-ring (bicyclic) bond motifs is 1. The van der Waals surface area contributed by atoms with Gasteiger partial charge in [0.2, 0.25) is 0 Å². The number of aromatic nitrogens is 5. The molecule has 0 unspecified atom stereocenters. The van der Waals surface area contributed by atoms with Crippen LogP contribution < -0.4 is 10.1 Å². The van der Waals surface area contributed by atoms with E-state index in [0.29, 0.717) is 6.54 Å². The Balaban J connectivity index is 1.54. The highest BCUT2D eigenvalue weighted by Gasteiger charge is 2.11. The fraction of sp³-hybridized carbons (Fsp3) is 0.222. The first-order chi connectivity index (χ1) is 12.6. The highest BCUT2D eigenvalue weighted by molar-refractivity contribution is 7.17. The van der Waals surface area contributed by atoms with Crippen molar-refractivity contribution in [3.8, 4) is 11.4 Å². The van der Waals surface area contributed by atoms with Gasteiger partial charge >= 0.3 is 0 Å². The number of benzene rings is 1. The number of nitrogens with one attached hydrogen (secondary N) is 1. The first-order valence-electron chi connectivity index (χ1n) is 8.16. The van der Waals surface area contributed by atoms with Crippen molar-refractivity contribution in [2.75, 3.05) is 12.4 Å². The van der Waals surface area contributed by atoms with Gasteiger partial charge in [-0.25, -0.2) is 14.6 Å². The van der Waals surface area contributed by atoms with E-state index in [-0.39, 0.29) is 0 Å². The number of ether oxygens (including phenoxy) is 1. The fourth-order valence-electron chi connectivity index (χ4n) is 2.73. The van der Waals surface area contributed by atoms with Crippen LogP contribution in [0.25, 0.3) is 15.9 Å². The maximum atomic E-state index is 5.18. The third kappa shape index (κ3) is 3.11. The van der Waals surface area contributed by atoms with Crippen molar-refractivity contribution < 1.29 is 4.74 Å². The first kappa shape index (κ1) is 16.5. The van der Waals surface area contributed by atoms with Gasteiger partial charge in [-0.15, -0.1) is 16.4 Å². The van der Waals surface area contributed by atoms with E-state index >= 15 is 0 Å². The van der Waals surface area contributed by atoms with Crippen molar-refractivity contribution in [1.29, 1.82) is 0 Å². The zero-order chi connectivity index (χ0) is 18.1. The van der Waals surface area contributed by atoms with Crippen LogP contribution in [0, 0.1) is 13.8 Å². The monoisotopic (exact) mass is 366 g/mol. The number of hydrogen-bond donors (Lipinski definition) is 1. The minimum atomic E-state index is 0.539. The predicted octanol–water partition coefficient (Wildman–Crippen LogP) is 3.51. The molecular formula is C18H18N6OS. The Kier molecular flexibility index (Phi) is 4.26. The van der Waals surface area contributed by atoms with Crippen LogP contribution in [0.5, 0.6) is 5.75 Å². The number of thiophene rings is 1.